The fourth-order valence-corrected chi connectivity index (χ4v) is 3.20. The highest BCUT2D eigenvalue weighted by Gasteiger charge is 2.17. The summed E-state index contributed by atoms with van der Waals surface area (Å²) in [5.41, 5.74) is 7.71. The van der Waals surface area contributed by atoms with Crippen LogP contribution < -0.4 is 4.90 Å². The molecule has 0 saturated heterocycles. The van der Waals surface area contributed by atoms with E-state index in [-0.39, 0.29) is 0 Å². The maximum absolute atomic E-state index is 2.37. The SMILES string of the molecule is CCc1cc(C)cc(C)c1N(c1ccccc1)c1ccccc1. The van der Waals surface area contributed by atoms with Crippen molar-refractivity contribution >= 4 is 17.1 Å². The molecule has 0 aliphatic rings. The van der Waals surface area contributed by atoms with E-state index in [0.29, 0.717) is 0 Å². The Labute approximate surface area is 139 Å². The first-order chi connectivity index (χ1) is 11.2. The third kappa shape index (κ3) is 3.14. The van der Waals surface area contributed by atoms with Gasteiger partial charge in [0.1, 0.15) is 0 Å². The molecule has 0 bridgehead atoms. The number of aryl methyl sites for hydroxylation is 3. The van der Waals surface area contributed by atoms with Gasteiger partial charge < -0.3 is 4.90 Å². The van der Waals surface area contributed by atoms with Crippen LogP contribution in [0.3, 0.4) is 0 Å². The Morgan fingerprint density at radius 1 is 0.739 bits per heavy atom. The van der Waals surface area contributed by atoms with Gasteiger partial charge in [-0.3, -0.25) is 0 Å². The van der Waals surface area contributed by atoms with E-state index in [1.807, 2.05) is 0 Å². The van der Waals surface area contributed by atoms with Crippen LogP contribution in [0.2, 0.25) is 0 Å². The second-order valence-corrected chi connectivity index (χ2v) is 5.95. The number of anilines is 3. The van der Waals surface area contributed by atoms with Crippen LogP contribution in [-0.4, -0.2) is 0 Å². The predicted octanol–water partition coefficient (Wildman–Crippen LogP) is 6.34. The standard InChI is InChI=1S/C22H23N/c1-4-19-16-17(2)15-18(3)22(19)23(20-11-7-5-8-12-20)21-13-9-6-10-14-21/h5-16H,4H2,1-3H3. The van der Waals surface area contributed by atoms with E-state index < -0.39 is 0 Å². The van der Waals surface area contributed by atoms with Crippen molar-refractivity contribution in [2.45, 2.75) is 27.2 Å². The molecule has 116 valence electrons. The molecule has 0 atom stereocenters. The highest BCUT2D eigenvalue weighted by Crippen LogP contribution is 2.39. The molecule has 0 aliphatic heterocycles. The lowest BCUT2D eigenvalue weighted by Gasteiger charge is -2.29. The number of para-hydroxylation sites is 2. The number of hydrogen-bond donors (Lipinski definition) is 0. The van der Waals surface area contributed by atoms with Gasteiger partial charge in [0, 0.05) is 11.4 Å². The van der Waals surface area contributed by atoms with Gasteiger partial charge in [0.2, 0.25) is 0 Å². The molecule has 0 radical (unpaired) electrons. The second kappa shape index (κ2) is 6.70. The molecule has 3 aromatic rings. The van der Waals surface area contributed by atoms with Crippen molar-refractivity contribution in [1.82, 2.24) is 0 Å². The number of hydrogen-bond acceptors (Lipinski definition) is 1. The summed E-state index contributed by atoms with van der Waals surface area (Å²) in [6.45, 7) is 6.61. The van der Waals surface area contributed by atoms with Crippen LogP contribution in [0.5, 0.6) is 0 Å². The third-order valence-electron chi connectivity index (χ3n) is 4.16. The largest absolute Gasteiger partial charge is 0.310 e. The van der Waals surface area contributed by atoms with Crippen LogP contribution in [0.25, 0.3) is 0 Å². The lowest BCUT2D eigenvalue weighted by Crippen LogP contribution is -2.13. The maximum Gasteiger partial charge on any atom is 0.0522 e. The molecule has 0 amide bonds. The van der Waals surface area contributed by atoms with E-state index >= 15 is 0 Å². The Morgan fingerprint density at radius 3 is 1.74 bits per heavy atom. The molecule has 23 heavy (non-hydrogen) atoms. The normalized spacial score (nSPS) is 10.6. The second-order valence-electron chi connectivity index (χ2n) is 5.95. The molecule has 3 aromatic carbocycles. The maximum atomic E-state index is 2.37. The molecule has 0 unspecified atom stereocenters. The van der Waals surface area contributed by atoms with Gasteiger partial charge in [-0.25, -0.2) is 0 Å². The molecule has 1 heteroatoms. The zero-order valence-corrected chi connectivity index (χ0v) is 14.1. The monoisotopic (exact) mass is 301 g/mol. The molecule has 0 spiro atoms. The van der Waals surface area contributed by atoms with E-state index in [1.165, 1.54) is 33.8 Å². The first-order valence-corrected chi connectivity index (χ1v) is 8.21. The van der Waals surface area contributed by atoms with Gasteiger partial charge in [-0.05, 0) is 55.7 Å². The quantitative estimate of drug-likeness (QED) is 0.544. The fraction of sp³-hybridized carbons (Fsp3) is 0.182. The van der Waals surface area contributed by atoms with Gasteiger partial charge in [-0.15, -0.1) is 0 Å². The Hall–Kier alpha value is -2.54. The minimum absolute atomic E-state index is 1.02. The first kappa shape index (κ1) is 15.4. The minimum atomic E-state index is 1.02. The molecule has 0 aromatic heterocycles. The molecule has 3 rings (SSSR count). The Bertz CT molecular complexity index is 736. The molecule has 0 heterocycles. The van der Waals surface area contributed by atoms with Gasteiger partial charge in [0.25, 0.3) is 0 Å². The van der Waals surface area contributed by atoms with E-state index in [0.717, 1.165) is 6.42 Å². The van der Waals surface area contributed by atoms with Gasteiger partial charge in [0.05, 0.1) is 5.69 Å². The summed E-state index contributed by atoms with van der Waals surface area (Å²) in [4.78, 5) is 2.37. The fourth-order valence-electron chi connectivity index (χ4n) is 3.20. The smallest absolute Gasteiger partial charge is 0.0522 e. The first-order valence-electron chi connectivity index (χ1n) is 8.21. The van der Waals surface area contributed by atoms with Crippen molar-refractivity contribution in [2.75, 3.05) is 4.90 Å². The van der Waals surface area contributed by atoms with Crippen molar-refractivity contribution in [3.63, 3.8) is 0 Å². The zero-order chi connectivity index (χ0) is 16.2. The summed E-state index contributed by atoms with van der Waals surface area (Å²) >= 11 is 0. The van der Waals surface area contributed by atoms with Gasteiger partial charge >= 0.3 is 0 Å². The summed E-state index contributed by atoms with van der Waals surface area (Å²) < 4.78 is 0. The van der Waals surface area contributed by atoms with Crippen molar-refractivity contribution in [3.05, 3.63) is 89.5 Å². The molecule has 0 N–H and O–H groups in total. The molecule has 0 saturated carbocycles. The van der Waals surface area contributed by atoms with E-state index in [1.54, 1.807) is 0 Å². The van der Waals surface area contributed by atoms with Crippen molar-refractivity contribution in [1.29, 1.82) is 0 Å². The highest BCUT2D eigenvalue weighted by atomic mass is 15.1. The van der Waals surface area contributed by atoms with E-state index in [2.05, 4.69) is 98.5 Å². The lowest BCUT2D eigenvalue weighted by molar-refractivity contribution is 1.09. The lowest BCUT2D eigenvalue weighted by atomic mass is 10.00. The minimum Gasteiger partial charge on any atom is -0.310 e. The van der Waals surface area contributed by atoms with Crippen LogP contribution in [-0.2, 0) is 6.42 Å². The summed E-state index contributed by atoms with van der Waals surface area (Å²) in [5, 5.41) is 0. The van der Waals surface area contributed by atoms with Crippen molar-refractivity contribution in [2.24, 2.45) is 0 Å². The average molecular weight is 301 g/mol. The predicted molar refractivity (Wildman–Crippen MR) is 100.0 cm³/mol. The van der Waals surface area contributed by atoms with Gasteiger partial charge in [0.15, 0.2) is 0 Å². The Balaban J connectivity index is 2.25. The van der Waals surface area contributed by atoms with Crippen LogP contribution in [0, 0.1) is 13.8 Å². The van der Waals surface area contributed by atoms with Crippen molar-refractivity contribution < 1.29 is 0 Å². The summed E-state index contributed by atoms with van der Waals surface area (Å²) in [5.74, 6) is 0. The summed E-state index contributed by atoms with van der Waals surface area (Å²) in [6, 6.07) is 25.8. The summed E-state index contributed by atoms with van der Waals surface area (Å²) in [7, 11) is 0. The van der Waals surface area contributed by atoms with E-state index in [9.17, 15) is 0 Å². The summed E-state index contributed by atoms with van der Waals surface area (Å²) in [6.07, 6.45) is 1.02. The molecule has 1 nitrogen and oxygen atoms in total. The number of rotatable bonds is 4. The molecule has 0 aliphatic carbocycles. The Morgan fingerprint density at radius 2 is 1.26 bits per heavy atom. The van der Waals surface area contributed by atoms with Crippen molar-refractivity contribution in [3.8, 4) is 0 Å². The highest BCUT2D eigenvalue weighted by molar-refractivity contribution is 5.80. The van der Waals surface area contributed by atoms with Gasteiger partial charge in [-0.1, -0.05) is 61.0 Å². The topological polar surface area (TPSA) is 3.24 Å². The van der Waals surface area contributed by atoms with Crippen LogP contribution >= 0.6 is 0 Å². The van der Waals surface area contributed by atoms with Gasteiger partial charge in [-0.2, -0.15) is 0 Å². The van der Waals surface area contributed by atoms with Crippen LogP contribution in [0.1, 0.15) is 23.6 Å². The number of nitrogens with zero attached hydrogens (tertiary/aromatic N) is 1. The number of benzene rings is 3. The Kier molecular flexibility index (Phi) is 4.47. The van der Waals surface area contributed by atoms with E-state index in [4.69, 9.17) is 0 Å². The zero-order valence-electron chi connectivity index (χ0n) is 14.1. The third-order valence-corrected chi connectivity index (χ3v) is 4.16. The molecular formula is C22H23N. The molecular weight excluding hydrogens is 278 g/mol. The van der Waals surface area contributed by atoms with Crippen LogP contribution in [0.15, 0.2) is 72.8 Å². The van der Waals surface area contributed by atoms with Crippen LogP contribution in [0.4, 0.5) is 17.1 Å². The average Bonchev–Trinajstić information content (AvgIpc) is 2.58. The molecule has 0 fully saturated rings.